The summed E-state index contributed by atoms with van der Waals surface area (Å²) in [5.74, 6) is 2.00. The predicted molar refractivity (Wildman–Crippen MR) is 44.1 cm³/mol. The van der Waals surface area contributed by atoms with Crippen molar-refractivity contribution in [1.82, 2.24) is 0 Å². The number of hydrogen-bond donors (Lipinski definition) is 0. The molecule has 2 heteroatoms. The van der Waals surface area contributed by atoms with Gasteiger partial charge in [-0.05, 0) is 19.1 Å². The summed E-state index contributed by atoms with van der Waals surface area (Å²) in [6, 6.07) is 2.82. The zero-order valence-corrected chi connectivity index (χ0v) is 6.74. The molecule has 0 bridgehead atoms. The maximum absolute atomic E-state index is 12.8. The summed E-state index contributed by atoms with van der Waals surface area (Å²) >= 11 is 5.57. The normalized spacial score (nSPS) is 9.27. The number of rotatable bonds is 0. The number of terminal acetylenes is 1. The highest BCUT2D eigenvalue weighted by Crippen LogP contribution is 2.18. The Morgan fingerprint density at radius 1 is 1.55 bits per heavy atom. The Balaban J connectivity index is 3.39. The first-order valence-electron chi connectivity index (χ1n) is 3.07. The van der Waals surface area contributed by atoms with Crippen molar-refractivity contribution in [2.45, 2.75) is 6.92 Å². The van der Waals surface area contributed by atoms with Gasteiger partial charge >= 0.3 is 0 Å². The van der Waals surface area contributed by atoms with E-state index in [9.17, 15) is 4.39 Å². The maximum atomic E-state index is 12.8. The molecule has 0 nitrogen and oxygen atoms in total. The highest BCUT2D eigenvalue weighted by atomic mass is 35.5. The summed E-state index contributed by atoms with van der Waals surface area (Å²) in [6.07, 6.45) is 5.11. The van der Waals surface area contributed by atoms with Crippen LogP contribution >= 0.6 is 11.6 Å². The van der Waals surface area contributed by atoms with Crippen molar-refractivity contribution in [2.24, 2.45) is 0 Å². The van der Waals surface area contributed by atoms with Crippen molar-refractivity contribution in [1.29, 1.82) is 0 Å². The smallest absolute Gasteiger partial charge is 0.128 e. The Labute approximate surface area is 70.0 Å². The van der Waals surface area contributed by atoms with E-state index in [1.54, 1.807) is 13.0 Å². The Kier molecular flexibility index (Phi) is 2.16. The summed E-state index contributed by atoms with van der Waals surface area (Å²) in [5, 5.41) is 0.334. The van der Waals surface area contributed by atoms with E-state index in [1.165, 1.54) is 6.07 Å². The van der Waals surface area contributed by atoms with Crippen LogP contribution in [0.1, 0.15) is 11.1 Å². The van der Waals surface area contributed by atoms with Crippen LogP contribution in [0.2, 0.25) is 5.02 Å². The van der Waals surface area contributed by atoms with Crippen molar-refractivity contribution >= 4 is 11.6 Å². The Morgan fingerprint density at radius 2 is 2.18 bits per heavy atom. The monoisotopic (exact) mass is 168 g/mol. The molecule has 1 rings (SSSR count). The fourth-order valence-electron chi connectivity index (χ4n) is 0.796. The van der Waals surface area contributed by atoms with Crippen LogP contribution < -0.4 is 0 Å². The third-order valence-corrected chi connectivity index (χ3v) is 1.68. The molecular weight excluding hydrogens is 163 g/mol. The van der Waals surface area contributed by atoms with E-state index in [2.05, 4.69) is 5.92 Å². The molecule has 0 unspecified atom stereocenters. The topological polar surface area (TPSA) is 0 Å². The van der Waals surface area contributed by atoms with Gasteiger partial charge in [0.1, 0.15) is 5.82 Å². The van der Waals surface area contributed by atoms with Crippen LogP contribution in [0.3, 0.4) is 0 Å². The molecule has 0 amide bonds. The molecule has 56 valence electrons. The molecule has 0 saturated heterocycles. The van der Waals surface area contributed by atoms with Gasteiger partial charge in [0, 0.05) is 16.1 Å². The first-order chi connectivity index (χ1) is 5.15. The van der Waals surface area contributed by atoms with Crippen molar-refractivity contribution < 1.29 is 4.39 Å². The number of hydrogen-bond acceptors (Lipinski definition) is 0. The van der Waals surface area contributed by atoms with Gasteiger partial charge in [0.25, 0.3) is 0 Å². The van der Waals surface area contributed by atoms with Crippen LogP contribution in [0.15, 0.2) is 12.1 Å². The summed E-state index contributed by atoms with van der Waals surface area (Å²) in [4.78, 5) is 0. The van der Waals surface area contributed by atoms with E-state index in [1.807, 2.05) is 0 Å². The van der Waals surface area contributed by atoms with Gasteiger partial charge in [-0.2, -0.15) is 0 Å². The maximum Gasteiger partial charge on any atom is 0.128 e. The molecule has 0 aliphatic carbocycles. The predicted octanol–water partition coefficient (Wildman–Crippen LogP) is 2.77. The van der Waals surface area contributed by atoms with Gasteiger partial charge in [-0.1, -0.05) is 17.5 Å². The van der Waals surface area contributed by atoms with Crippen LogP contribution in [0.4, 0.5) is 4.39 Å². The van der Waals surface area contributed by atoms with E-state index in [4.69, 9.17) is 18.0 Å². The molecule has 11 heavy (non-hydrogen) atoms. The minimum atomic E-state index is -0.356. The van der Waals surface area contributed by atoms with E-state index in [0.29, 0.717) is 16.1 Å². The van der Waals surface area contributed by atoms with Crippen molar-refractivity contribution in [3.05, 3.63) is 34.1 Å². The van der Waals surface area contributed by atoms with Gasteiger partial charge in [-0.25, -0.2) is 4.39 Å². The van der Waals surface area contributed by atoms with Gasteiger partial charge < -0.3 is 0 Å². The first kappa shape index (κ1) is 8.10. The third kappa shape index (κ3) is 1.53. The Hall–Kier alpha value is -1.00. The lowest BCUT2D eigenvalue weighted by molar-refractivity contribution is 0.618. The standard InChI is InChI=1S/C9H6ClF/c1-3-7-4-8(10)5-9(11)6(7)2/h1,4-5H,2H3. The molecule has 0 heterocycles. The van der Waals surface area contributed by atoms with E-state index in [-0.39, 0.29) is 5.82 Å². The molecule has 0 fully saturated rings. The lowest BCUT2D eigenvalue weighted by Gasteiger charge is -1.99. The molecule has 0 aromatic heterocycles. The molecule has 0 aliphatic heterocycles. The zero-order chi connectivity index (χ0) is 8.43. The molecule has 0 radical (unpaired) electrons. The van der Waals surface area contributed by atoms with E-state index in [0.717, 1.165) is 0 Å². The zero-order valence-electron chi connectivity index (χ0n) is 5.99. The van der Waals surface area contributed by atoms with Crippen LogP contribution in [0, 0.1) is 25.1 Å². The second-order valence-corrected chi connectivity index (χ2v) is 2.64. The Morgan fingerprint density at radius 3 is 2.73 bits per heavy atom. The largest absolute Gasteiger partial charge is 0.207 e. The summed E-state index contributed by atoms with van der Waals surface area (Å²) in [7, 11) is 0. The molecule has 0 aliphatic rings. The minimum Gasteiger partial charge on any atom is -0.207 e. The minimum absolute atomic E-state index is 0.334. The molecule has 0 saturated carbocycles. The lowest BCUT2D eigenvalue weighted by Crippen LogP contribution is -1.87. The quantitative estimate of drug-likeness (QED) is 0.523. The average Bonchev–Trinajstić information content (AvgIpc) is 1.96. The van der Waals surface area contributed by atoms with Crippen molar-refractivity contribution in [3.8, 4) is 12.3 Å². The van der Waals surface area contributed by atoms with Gasteiger partial charge in [0.15, 0.2) is 0 Å². The van der Waals surface area contributed by atoms with Gasteiger partial charge in [0.05, 0.1) is 0 Å². The summed E-state index contributed by atoms with van der Waals surface area (Å²) in [6.45, 7) is 1.63. The first-order valence-corrected chi connectivity index (χ1v) is 3.45. The van der Waals surface area contributed by atoms with E-state index < -0.39 is 0 Å². The van der Waals surface area contributed by atoms with Gasteiger partial charge in [-0.3, -0.25) is 0 Å². The third-order valence-electron chi connectivity index (χ3n) is 1.46. The van der Waals surface area contributed by atoms with Crippen LogP contribution in [-0.2, 0) is 0 Å². The number of benzene rings is 1. The van der Waals surface area contributed by atoms with Crippen LogP contribution in [0.25, 0.3) is 0 Å². The van der Waals surface area contributed by atoms with Crippen molar-refractivity contribution in [2.75, 3.05) is 0 Å². The van der Waals surface area contributed by atoms with Crippen LogP contribution in [0.5, 0.6) is 0 Å². The molecule has 0 N–H and O–H groups in total. The fraction of sp³-hybridized carbons (Fsp3) is 0.111. The highest BCUT2D eigenvalue weighted by Gasteiger charge is 2.02. The number of halogens is 2. The molecule has 1 aromatic rings. The van der Waals surface area contributed by atoms with Crippen LogP contribution in [-0.4, -0.2) is 0 Å². The van der Waals surface area contributed by atoms with Gasteiger partial charge in [0.2, 0.25) is 0 Å². The second kappa shape index (κ2) is 2.94. The molecular formula is C9H6ClF. The lowest BCUT2D eigenvalue weighted by atomic mass is 10.1. The summed E-state index contributed by atoms with van der Waals surface area (Å²) in [5.41, 5.74) is 0.979. The second-order valence-electron chi connectivity index (χ2n) is 2.20. The van der Waals surface area contributed by atoms with Crippen molar-refractivity contribution in [3.63, 3.8) is 0 Å². The SMILES string of the molecule is C#Cc1cc(Cl)cc(F)c1C. The molecule has 0 atom stereocenters. The average molecular weight is 169 g/mol. The summed E-state index contributed by atoms with van der Waals surface area (Å²) < 4.78 is 12.8. The van der Waals surface area contributed by atoms with Gasteiger partial charge in [-0.15, -0.1) is 6.42 Å². The molecule has 1 aromatic carbocycles. The van der Waals surface area contributed by atoms with E-state index >= 15 is 0 Å². The Bertz CT molecular complexity index is 323. The fourth-order valence-corrected chi connectivity index (χ4v) is 1.00. The highest BCUT2D eigenvalue weighted by molar-refractivity contribution is 6.30. The molecule has 0 spiro atoms.